The van der Waals surface area contributed by atoms with Gasteiger partial charge in [-0.05, 0) is 18.2 Å². The summed E-state index contributed by atoms with van der Waals surface area (Å²) in [5, 5.41) is 0.660. The number of ether oxygens (including phenoxy) is 1. The number of nitrogens with zero attached hydrogens (tertiary/aromatic N) is 4. The molecule has 11 heteroatoms. The van der Waals surface area contributed by atoms with Crippen molar-refractivity contribution < 1.29 is 17.5 Å². The van der Waals surface area contributed by atoms with Crippen molar-refractivity contribution >= 4 is 27.0 Å². The molecule has 0 bridgehead atoms. The average Bonchev–Trinajstić information content (AvgIpc) is 3.21. The minimum atomic E-state index is -3.92. The van der Waals surface area contributed by atoms with Gasteiger partial charge in [-0.25, -0.2) is 17.8 Å². The highest BCUT2D eigenvalue weighted by Gasteiger charge is 2.57. The number of rotatable bonds is 3. The first-order valence-corrected chi connectivity index (χ1v) is 11.3. The largest absolute Gasteiger partial charge is 0.355 e. The van der Waals surface area contributed by atoms with Crippen molar-refractivity contribution in [2.24, 2.45) is 0 Å². The zero-order valence-corrected chi connectivity index (χ0v) is 17.3. The molecular formula is C20H20FN5O4S. The maximum atomic E-state index is 15.6. The fourth-order valence-electron chi connectivity index (χ4n) is 4.19. The second-order valence-electron chi connectivity index (χ2n) is 7.54. The Labute approximate surface area is 177 Å². The van der Waals surface area contributed by atoms with E-state index in [0.717, 1.165) is 4.31 Å². The third-order valence-electron chi connectivity index (χ3n) is 5.75. The summed E-state index contributed by atoms with van der Waals surface area (Å²) < 4.78 is 48.8. The van der Waals surface area contributed by atoms with Crippen molar-refractivity contribution in [3.63, 3.8) is 0 Å². The topological polar surface area (TPSA) is 108 Å². The molecule has 5 rings (SSSR count). The molecule has 31 heavy (non-hydrogen) atoms. The van der Waals surface area contributed by atoms with E-state index in [4.69, 9.17) is 4.74 Å². The number of hydrogen-bond donors (Lipinski definition) is 1. The Morgan fingerprint density at radius 3 is 2.74 bits per heavy atom. The van der Waals surface area contributed by atoms with Gasteiger partial charge >= 0.3 is 0 Å². The minimum absolute atomic E-state index is 0.0886. The zero-order chi connectivity index (χ0) is 21.6. The van der Waals surface area contributed by atoms with Gasteiger partial charge in [0.25, 0.3) is 0 Å². The molecule has 3 aromatic rings. The molecular weight excluding hydrogens is 425 g/mol. The number of fused-ring (bicyclic) bond motifs is 1. The van der Waals surface area contributed by atoms with Gasteiger partial charge in [0.2, 0.25) is 21.5 Å². The molecule has 2 atom stereocenters. The van der Waals surface area contributed by atoms with Crippen LogP contribution in [0.3, 0.4) is 0 Å². The standard InChI is InChI=1S/C20H20FN5O4S/c21-16-13-25(19-22-12-14-6-7-17(27)23-18(14)24-19)9-8-20(16)26(10-11-30-20)31(28,29)15-4-2-1-3-5-15/h1-7,12,16H,8-11,13H2,(H,22,23,24,27). The smallest absolute Gasteiger partial charge is 0.249 e. The Hall–Kier alpha value is -2.89. The summed E-state index contributed by atoms with van der Waals surface area (Å²) in [6.07, 6.45) is 0.0625. The molecule has 2 aliphatic heterocycles. The van der Waals surface area contributed by atoms with Gasteiger partial charge in [-0.1, -0.05) is 18.2 Å². The molecule has 0 radical (unpaired) electrons. The third kappa shape index (κ3) is 3.29. The quantitative estimate of drug-likeness (QED) is 0.647. The van der Waals surface area contributed by atoms with Crippen LogP contribution in [-0.2, 0) is 14.8 Å². The average molecular weight is 445 g/mol. The number of H-pyrrole nitrogens is 1. The summed E-state index contributed by atoms with van der Waals surface area (Å²) in [6.45, 7) is 0.374. The summed E-state index contributed by atoms with van der Waals surface area (Å²) >= 11 is 0. The normalized spacial score (nSPS) is 24.8. The van der Waals surface area contributed by atoms with E-state index in [1.54, 1.807) is 35.4 Å². The lowest BCUT2D eigenvalue weighted by molar-refractivity contribution is -0.116. The van der Waals surface area contributed by atoms with E-state index in [1.165, 1.54) is 18.2 Å². The molecule has 1 spiro atoms. The van der Waals surface area contributed by atoms with Crippen molar-refractivity contribution in [2.75, 3.05) is 31.1 Å². The van der Waals surface area contributed by atoms with Crippen molar-refractivity contribution in [1.29, 1.82) is 0 Å². The monoisotopic (exact) mass is 445 g/mol. The number of anilines is 1. The number of nitrogens with one attached hydrogen (secondary N) is 1. The number of benzene rings is 1. The van der Waals surface area contributed by atoms with Crippen LogP contribution in [0.25, 0.3) is 11.0 Å². The van der Waals surface area contributed by atoms with Crippen LogP contribution >= 0.6 is 0 Å². The molecule has 0 aliphatic carbocycles. The van der Waals surface area contributed by atoms with Crippen LogP contribution in [0.15, 0.2) is 58.4 Å². The maximum Gasteiger partial charge on any atom is 0.249 e. The van der Waals surface area contributed by atoms with Crippen molar-refractivity contribution in [3.8, 4) is 0 Å². The predicted octanol–water partition coefficient (Wildman–Crippen LogP) is 1.28. The molecule has 0 saturated carbocycles. The highest BCUT2D eigenvalue weighted by Crippen LogP contribution is 2.40. The first-order chi connectivity index (χ1) is 14.9. The SMILES string of the molecule is O=c1ccc2cnc(N3CCC4(OCCN4S(=O)(=O)c4ccccc4)C(F)C3)nc2[nH]1. The summed E-state index contributed by atoms with van der Waals surface area (Å²) in [5.74, 6) is 0.266. The number of hydrogen-bond acceptors (Lipinski definition) is 7. The highest BCUT2D eigenvalue weighted by molar-refractivity contribution is 7.89. The number of aromatic amines is 1. The number of aromatic nitrogens is 3. The summed E-state index contributed by atoms with van der Waals surface area (Å²) in [5.41, 5.74) is -1.49. The van der Waals surface area contributed by atoms with Crippen LogP contribution in [0, 0.1) is 0 Å². The van der Waals surface area contributed by atoms with Crippen LogP contribution in [0.2, 0.25) is 0 Å². The van der Waals surface area contributed by atoms with Gasteiger partial charge in [0.15, 0.2) is 11.9 Å². The second kappa shape index (κ2) is 7.36. The number of alkyl halides is 1. The van der Waals surface area contributed by atoms with E-state index in [2.05, 4.69) is 15.0 Å². The number of sulfonamides is 1. The molecule has 4 heterocycles. The second-order valence-corrected chi connectivity index (χ2v) is 9.41. The van der Waals surface area contributed by atoms with Gasteiger partial charge in [0.1, 0.15) is 5.65 Å². The molecule has 2 fully saturated rings. The van der Waals surface area contributed by atoms with E-state index in [-0.39, 0.29) is 42.5 Å². The van der Waals surface area contributed by atoms with Gasteiger partial charge in [-0.2, -0.15) is 9.29 Å². The zero-order valence-electron chi connectivity index (χ0n) is 16.4. The van der Waals surface area contributed by atoms with Crippen molar-refractivity contribution in [1.82, 2.24) is 19.3 Å². The van der Waals surface area contributed by atoms with Crippen LogP contribution in [0.5, 0.6) is 0 Å². The summed E-state index contributed by atoms with van der Waals surface area (Å²) in [7, 11) is -3.92. The van der Waals surface area contributed by atoms with Gasteiger partial charge < -0.3 is 14.6 Å². The third-order valence-corrected chi connectivity index (χ3v) is 7.69. The van der Waals surface area contributed by atoms with Crippen LogP contribution in [0.4, 0.5) is 10.3 Å². The molecule has 1 aromatic carbocycles. The van der Waals surface area contributed by atoms with Gasteiger partial charge in [-0.3, -0.25) is 4.79 Å². The molecule has 1 N–H and O–H groups in total. The highest BCUT2D eigenvalue weighted by atomic mass is 32.2. The summed E-state index contributed by atoms with van der Waals surface area (Å²) in [6, 6.07) is 11.0. The molecule has 2 aliphatic rings. The number of halogens is 1. The minimum Gasteiger partial charge on any atom is -0.355 e. The molecule has 2 aromatic heterocycles. The van der Waals surface area contributed by atoms with E-state index in [1.807, 2.05) is 0 Å². The lowest BCUT2D eigenvalue weighted by Gasteiger charge is -2.44. The fourth-order valence-corrected chi connectivity index (χ4v) is 5.93. The first kappa shape index (κ1) is 20.0. The molecule has 0 amide bonds. The first-order valence-electron chi connectivity index (χ1n) is 9.87. The van der Waals surface area contributed by atoms with Gasteiger partial charge in [-0.15, -0.1) is 0 Å². The van der Waals surface area contributed by atoms with Crippen molar-refractivity contribution in [2.45, 2.75) is 23.2 Å². The van der Waals surface area contributed by atoms with E-state index >= 15 is 4.39 Å². The molecule has 162 valence electrons. The lowest BCUT2D eigenvalue weighted by Crippen LogP contribution is -2.62. The lowest BCUT2D eigenvalue weighted by atomic mass is 9.99. The van der Waals surface area contributed by atoms with Crippen LogP contribution in [-0.4, -0.2) is 65.8 Å². The Morgan fingerprint density at radius 1 is 1.16 bits per heavy atom. The van der Waals surface area contributed by atoms with Gasteiger partial charge in [0.05, 0.1) is 18.0 Å². The van der Waals surface area contributed by atoms with E-state index < -0.39 is 21.9 Å². The van der Waals surface area contributed by atoms with E-state index in [9.17, 15) is 13.2 Å². The van der Waals surface area contributed by atoms with Crippen LogP contribution < -0.4 is 10.5 Å². The number of pyridine rings is 1. The molecule has 2 unspecified atom stereocenters. The fraction of sp³-hybridized carbons (Fsp3) is 0.350. The van der Waals surface area contributed by atoms with E-state index in [0.29, 0.717) is 17.6 Å². The van der Waals surface area contributed by atoms with Gasteiger partial charge in [0, 0.05) is 37.2 Å². The Kier molecular flexibility index (Phi) is 4.76. The Morgan fingerprint density at radius 2 is 1.97 bits per heavy atom. The molecule has 9 nitrogen and oxygen atoms in total. The number of piperidine rings is 1. The van der Waals surface area contributed by atoms with Crippen molar-refractivity contribution in [3.05, 3.63) is 59.0 Å². The predicted molar refractivity (Wildman–Crippen MR) is 111 cm³/mol. The Balaban J connectivity index is 1.43. The molecule has 2 saturated heterocycles. The summed E-state index contributed by atoms with van der Waals surface area (Å²) in [4.78, 5) is 24.6. The maximum absolute atomic E-state index is 15.6. The van der Waals surface area contributed by atoms with Crippen LogP contribution in [0.1, 0.15) is 6.42 Å². The Bertz CT molecular complexity index is 1290.